The number of benzene rings is 1. The highest BCUT2D eigenvalue weighted by Gasteiger charge is 2.26. The van der Waals surface area contributed by atoms with Crippen LogP contribution in [0.1, 0.15) is 11.1 Å². The average Bonchev–Trinajstić information content (AvgIpc) is 2.82. The Kier molecular flexibility index (Phi) is 4.42. The fourth-order valence-corrected chi connectivity index (χ4v) is 3.37. The van der Waals surface area contributed by atoms with E-state index in [1.807, 2.05) is 0 Å². The average molecular weight is 305 g/mol. The van der Waals surface area contributed by atoms with Crippen LogP contribution in [0.15, 0.2) is 18.2 Å². The second-order valence-electron chi connectivity index (χ2n) is 6.10. The van der Waals surface area contributed by atoms with Gasteiger partial charge in [0.15, 0.2) is 0 Å². The second-order valence-corrected chi connectivity index (χ2v) is 6.62. The van der Waals surface area contributed by atoms with E-state index in [1.54, 1.807) is 0 Å². The second kappa shape index (κ2) is 6.30. The number of rotatable bonds is 4. The Bertz CT molecular complexity index is 526. The molecule has 2 aliphatic rings. The molecular formula is C16H23N3OS. The van der Waals surface area contributed by atoms with Crippen LogP contribution in [0, 0.1) is 6.92 Å². The van der Waals surface area contributed by atoms with Gasteiger partial charge in [-0.1, -0.05) is 29.9 Å². The van der Waals surface area contributed by atoms with Crippen molar-refractivity contribution in [1.29, 1.82) is 0 Å². The van der Waals surface area contributed by atoms with Crippen molar-refractivity contribution in [3.05, 3.63) is 29.3 Å². The molecule has 1 aromatic carbocycles. The zero-order valence-electron chi connectivity index (χ0n) is 12.5. The maximum atomic E-state index is 6.06. The molecule has 0 aromatic heterocycles. The number of hydrogen-bond donors (Lipinski definition) is 1. The number of thiocarbonyl (C=S) groups is 1. The zero-order valence-corrected chi connectivity index (χ0v) is 13.4. The van der Waals surface area contributed by atoms with E-state index in [2.05, 4.69) is 34.9 Å². The number of aryl methyl sites for hydroxylation is 1. The Balaban J connectivity index is 1.48. The number of nitrogens with zero attached hydrogens (tertiary/aromatic N) is 2. The third-order valence-electron chi connectivity index (χ3n) is 4.26. The van der Waals surface area contributed by atoms with Crippen molar-refractivity contribution in [2.75, 3.05) is 39.3 Å². The van der Waals surface area contributed by atoms with Gasteiger partial charge in [-0.05, 0) is 18.6 Å². The van der Waals surface area contributed by atoms with Crippen molar-refractivity contribution in [3.8, 4) is 5.75 Å². The molecule has 0 amide bonds. The molecule has 4 nitrogen and oxygen atoms in total. The lowest BCUT2D eigenvalue weighted by atomic mass is 10.1. The molecule has 21 heavy (non-hydrogen) atoms. The van der Waals surface area contributed by atoms with Crippen LogP contribution >= 0.6 is 12.2 Å². The van der Waals surface area contributed by atoms with Crippen LogP contribution in [-0.4, -0.2) is 60.2 Å². The van der Waals surface area contributed by atoms with Crippen LogP contribution in [0.4, 0.5) is 0 Å². The third kappa shape index (κ3) is 3.73. The van der Waals surface area contributed by atoms with Gasteiger partial charge >= 0.3 is 0 Å². The van der Waals surface area contributed by atoms with E-state index in [4.69, 9.17) is 22.7 Å². The normalized spacial score (nSPS) is 22.8. The first-order chi connectivity index (χ1) is 10.1. The molecule has 1 fully saturated rings. The molecular weight excluding hydrogens is 282 g/mol. The fourth-order valence-electron chi connectivity index (χ4n) is 3.19. The zero-order chi connectivity index (χ0) is 14.8. The molecule has 2 aliphatic heterocycles. The topological polar surface area (TPSA) is 41.7 Å². The molecule has 114 valence electrons. The lowest BCUT2D eigenvalue weighted by Crippen LogP contribution is -2.50. The van der Waals surface area contributed by atoms with Crippen LogP contribution in [-0.2, 0) is 6.42 Å². The summed E-state index contributed by atoms with van der Waals surface area (Å²) in [6, 6.07) is 6.47. The Morgan fingerprint density at radius 3 is 2.71 bits per heavy atom. The van der Waals surface area contributed by atoms with E-state index in [9.17, 15) is 0 Å². The SMILES string of the molecule is Cc1ccc2c(c1)CC(CN1CCN(CC(N)=S)CC1)O2. The summed E-state index contributed by atoms with van der Waals surface area (Å²) >= 11 is 4.97. The molecule has 2 heterocycles. The first-order valence-corrected chi connectivity index (χ1v) is 8.00. The summed E-state index contributed by atoms with van der Waals surface area (Å²) in [4.78, 5) is 5.40. The van der Waals surface area contributed by atoms with Crippen LogP contribution in [0.5, 0.6) is 5.75 Å². The molecule has 3 rings (SSSR count). The lowest BCUT2D eigenvalue weighted by Gasteiger charge is -2.35. The Labute approximate surface area is 131 Å². The number of fused-ring (bicyclic) bond motifs is 1. The molecule has 1 unspecified atom stereocenters. The Morgan fingerprint density at radius 2 is 2.00 bits per heavy atom. The largest absolute Gasteiger partial charge is 0.488 e. The van der Waals surface area contributed by atoms with Crippen molar-refractivity contribution >= 4 is 17.2 Å². The molecule has 2 N–H and O–H groups in total. The lowest BCUT2D eigenvalue weighted by molar-refractivity contribution is 0.0994. The summed E-state index contributed by atoms with van der Waals surface area (Å²) in [6.45, 7) is 8.10. The highest BCUT2D eigenvalue weighted by atomic mass is 32.1. The summed E-state index contributed by atoms with van der Waals surface area (Å²) in [7, 11) is 0. The summed E-state index contributed by atoms with van der Waals surface area (Å²) in [5.41, 5.74) is 8.27. The van der Waals surface area contributed by atoms with E-state index in [0.29, 0.717) is 11.1 Å². The number of hydrogen-bond acceptors (Lipinski definition) is 4. The van der Waals surface area contributed by atoms with Gasteiger partial charge in [-0.2, -0.15) is 0 Å². The summed E-state index contributed by atoms with van der Waals surface area (Å²) in [5.74, 6) is 1.07. The van der Waals surface area contributed by atoms with Gasteiger partial charge in [0.1, 0.15) is 11.9 Å². The van der Waals surface area contributed by atoms with Crippen molar-refractivity contribution < 1.29 is 4.74 Å². The third-order valence-corrected chi connectivity index (χ3v) is 4.39. The molecule has 0 radical (unpaired) electrons. The number of ether oxygens (including phenoxy) is 1. The molecule has 5 heteroatoms. The van der Waals surface area contributed by atoms with Crippen molar-refractivity contribution in [2.45, 2.75) is 19.4 Å². The predicted molar refractivity (Wildman–Crippen MR) is 89.0 cm³/mol. The Hall–Kier alpha value is -1.17. The molecule has 1 saturated heterocycles. The van der Waals surface area contributed by atoms with Crippen LogP contribution in [0.25, 0.3) is 0 Å². The van der Waals surface area contributed by atoms with E-state index < -0.39 is 0 Å². The van der Waals surface area contributed by atoms with Gasteiger partial charge < -0.3 is 10.5 Å². The molecule has 1 aromatic rings. The molecule has 0 bridgehead atoms. The minimum Gasteiger partial charge on any atom is -0.488 e. The van der Waals surface area contributed by atoms with Gasteiger partial charge in [0.05, 0.1) is 4.99 Å². The summed E-state index contributed by atoms with van der Waals surface area (Å²) < 4.78 is 6.06. The standard InChI is InChI=1S/C16H23N3OS/c1-12-2-3-15-13(8-12)9-14(20-15)10-18-4-6-19(7-5-18)11-16(17)21/h2-3,8,14H,4-7,9-11H2,1H3,(H2,17,21). The first-order valence-electron chi connectivity index (χ1n) is 7.59. The van der Waals surface area contributed by atoms with E-state index in [0.717, 1.165) is 51.4 Å². The minimum absolute atomic E-state index is 0.295. The van der Waals surface area contributed by atoms with Crippen molar-refractivity contribution in [1.82, 2.24) is 9.80 Å². The monoisotopic (exact) mass is 305 g/mol. The summed E-state index contributed by atoms with van der Waals surface area (Å²) in [5, 5.41) is 0. The van der Waals surface area contributed by atoms with Gasteiger partial charge in [0.25, 0.3) is 0 Å². The highest BCUT2D eigenvalue weighted by Crippen LogP contribution is 2.29. The van der Waals surface area contributed by atoms with Crippen LogP contribution in [0.3, 0.4) is 0 Å². The van der Waals surface area contributed by atoms with Gasteiger partial charge in [-0.15, -0.1) is 0 Å². The van der Waals surface area contributed by atoms with Gasteiger partial charge in [-0.25, -0.2) is 0 Å². The summed E-state index contributed by atoms with van der Waals surface area (Å²) in [6.07, 6.45) is 1.33. The predicted octanol–water partition coefficient (Wildman–Crippen LogP) is 1.20. The van der Waals surface area contributed by atoms with Gasteiger partial charge in [-0.3, -0.25) is 9.80 Å². The Morgan fingerprint density at radius 1 is 1.29 bits per heavy atom. The van der Waals surface area contributed by atoms with Crippen LogP contribution < -0.4 is 10.5 Å². The maximum Gasteiger partial charge on any atom is 0.123 e. The van der Waals surface area contributed by atoms with Crippen molar-refractivity contribution in [3.63, 3.8) is 0 Å². The molecule has 0 spiro atoms. The fraction of sp³-hybridized carbons (Fsp3) is 0.562. The number of nitrogens with two attached hydrogens (primary N) is 1. The first kappa shape index (κ1) is 14.8. The highest BCUT2D eigenvalue weighted by molar-refractivity contribution is 7.80. The van der Waals surface area contributed by atoms with E-state index in [-0.39, 0.29) is 0 Å². The smallest absolute Gasteiger partial charge is 0.123 e. The quantitative estimate of drug-likeness (QED) is 0.847. The van der Waals surface area contributed by atoms with Crippen LogP contribution in [0.2, 0.25) is 0 Å². The molecule has 1 atom stereocenters. The maximum absolute atomic E-state index is 6.06. The van der Waals surface area contributed by atoms with E-state index >= 15 is 0 Å². The van der Waals surface area contributed by atoms with Crippen molar-refractivity contribution in [2.24, 2.45) is 5.73 Å². The molecule has 0 saturated carbocycles. The molecule has 0 aliphatic carbocycles. The number of piperazine rings is 1. The van der Waals surface area contributed by atoms with E-state index in [1.165, 1.54) is 11.1 Å². The minimum atomic E-state index is 0.295. The van der Waals surface area contributed by atoms with Gasteiger partial charge in [0.2, 0.25) is 0 Å². The van der Waals surface area contributed by atoms with Gasteiger partial charge in [0, 0.05) is 45.7 Å².